The first-order valence-electron chi connectivity index (χ1n) is 7.24. The molecular weight excluding hydrogens is 335 g/mol. The van der Waals surface area contributed by atoms with E-state index >= 15 is 0 Å². The fourth-order valence-electron chi connectivity index (χ4n) is 3.30. The summed E-state index contributed by atoms with van der Waals surface area (Å²) in [5.74, 6) is -3.02. The zero-order valence-electron chi connectivity index (χ0n) is 12.5. The number of aliphatic hydroxyl groups excluding tert-OH is 1. The third kappa shape index (κ3) is 2.32. The van der Waals surface area contributed by atoms with Crippen LogP contribution in [0, 0.1) is 11.2 Å². The van der Waals surface area contributed by atoms with E-state index in [-0.39, 0.29) is 10.5 Å². The molecule has 0 spiro atoms. The molecule has 126 valence electrons. The van der Waals surface area contributed by atoms with Crippen molar-refractivity contribution in [1.82, 2.24) is 0 Å². The van der Waals surface area contributed by atoms with Crippen LogP contribution in [0.1, 0.15) is 11.5 Å². The Morgan fingerprint density at radius 2 is 1.79 bits per heavy atom. The number of hydrogen-bond acceptors (Lipinski definition) is 4. The fraction of sp³-hybridized carbons (Fsp3) is 0.235. The number of carboxylic acid groups (broad SMARTS) is 1. The lowest BCUT2D eigenvalue weighted by Gasteiger charge is -2.09. The summed E-state index contributed by atoms with van der Waals surface area (Å²) in [5, 5.41) is 17.9. The maximum absolute atomic E-state index is 13.5. The summed E-state index contributed by atoms with van der Waals surface area (Å²) in [4.78, 5) is 11.7. The summed E-state index contributed by atoms with van der Waals surface area (Å²) < 4.78 is 39.2. The maximum Gasteiger partial charge on any atom is 0.314 e. The number of halogens is 1. The number of aliphatic hydroxyl groups is 1. The summed E-state index contributed by atoms with van der Waals surface area (Å²) in [6.07, 6.45) is 0. The van der Waals surface area contributed by atoms with E-state index in [0.717, 1.165) is 6.07 Å². The Morgan fingerprint density at radius 3 is 2.33 bits per heavy atom. The van der Waals surface area contributed by atoms with E-state index in [1.165, 1.54) is 42.5 Å². The van der Waals surface area contributed by atoms with Gasteiger partial charge in [0.15, 0.2) is 9.84 Å². The quantitative estimate of drug-likeness (QED) is 0.858. The molecule has 5 nitrogen and oxygen atoms in total. The maximum atomic E-state index is 13.5. The van der Waals surface area contributed by atoms with Crippen molar-refractivity contribution in [3.63, 3.8) is 0 Å². The molecule has 0 unspecified atom stereocenters. The van der Waals surface area contributed by atoms with Crippen LogP contribution in [0.15, 0.2) is 59.5 Å². The second kappa shape index (κ2) is 5.68. The Labute approximate surface area is 138 Å². The van der Waals surface area contributed by atoms with Crippen LogP contribution in [0.4, 0.5) is 4.39 Å². The van der Waals surface area contributed by atoms with E-state index in [0.29, 0.717) is 0 Å². The van der Waals surface area contributed by atoms with Crippen LogP contribution in [-0.2, 0) is 14.6 Å². The summed E-state index contributed by atoms with van der Waals surface area (Å²) in [6.45, 7) is -0.847. The molecule has 2 aromatic carbocycles. The van der Waals surface area contributed by atoms with E-state index in [2.05, 4.69) is 0 Å². The Bertz CT molecular complexity index is 881. The molecular formula is C17H15FO5S. The predicted octanol–water partition coefficient (Wildman–Crippen LogP) is 1.83. The molecule has 0 aliphatic heterocycles. The third-order valence-electron chi connectivity index (χ3n) is 4.53. The fourth-order valence-corrected chi connectivity index (χ4v) is 5.69. The molecule has 24 heavy (non-hydrogen) atoms. The smallest absolute Gasteiger partial charge is 0.314 e. The first kappa shape index (κ1) is 16.6. The van der Waals surface area contributed by atoms with Gasteiger partial charge in [-0.1, -0.05) is 30.3 Å². The lowest BCUT2D eigenvalue weighted by molar-refractivity contribution is -0.145. The molecule has 0 bridgehead atoms. The number of hydrogen-bond donors (Lipinski definition) is 2. The molecule has 1 aliphatic carbocycles. The van der Waals surface area contributed by atoms with Crippen LogP contribution in [0.5, 0.6) is 0 Å². The second-order valence-electron chi connectivity index (χ2n) is 5.81. The largest absolute Gasteiger partial charge is 0.481 e. The van der Waals surface area contributed by atoms with E-state index in [1.54, 1.807) is 6.07 Å². The molecule has 3 atom stereocenters. The van der Waals surface area contributed by atoms with Crippen LogP contribution in [0.2, 0.25) is 0 Å². The Balaban J connectivity index is 2.13. The predicted molar refractivity (Wildman–Crippen MR) is 83.7 cm³/mol. The molecule has 7 heteroatoms. The molecule has 0 saturated heterocycles. The van der Waals surface area contributed by atoms with Crippen molar-refractivity contribution in [2.24, 2.45) is 5.41 Å². The third-order valence-corrected chi connectivity index (χ3v) is 6.82. The Kier molecular flexibility index (Phi) is 3.93. The zero-order chi connectivity index (χ0) is 17.5. The van der Waals surface area contributed by atoms with Gasteiger partial charge in [0.2, 0.25) is 0 Å². The molecule has 1 aliphatic rings. The highest BCUT2D eigenvalue weighted by Gasteiger charge is 2.75. The van der Waals surface area contributed by atoms with Crippen molar-refractivity contribution in [3.05, 3.63) is 66.0 Å². The lowest BCUT2D eigenvalue weighted by Crippen LogP contribution is -2.27. The minimum atomic E-state index is -4.00. The van der Waals surface area contributed by atoms with Crippen LogP contribution in [0.3, 0.4) is 0 Å². The second-order valence-corrected chi connectivity index (χ2v) is 7.88. The molecule has 0 radical (unpaired) electrons. The first-order valence-corrected chi connectivity index (χ1v) is 8.79. The van der Waals surface area contributed by atoms with Crippen molar-refractivity contribution in [2.75, 3.05) is 6.61 Å². The molecule has 0 aromatic heterocycles. The SMILES string of the molecule is O=C(O)[C@@]1(CO)[C@H](S(=O)(=O)c2ccccc2)[C@@H]1c1cccc(F)c1. The monoisotopic (exact) mass is 350 g/mol. The Hall–Kier alpha value is -2.25. The number of aliphatic carboxylic acids is 1. The standard InChI is InChI=1S/C17H15FO5S/c18-12-6-4-5-11(9-12)14-15(17(14,10-19)16(20)21)24(22,23)13-7-2-1-3-8-13/h1-9,14-15,19H,10H2,(H,20,21)/t14-,15+,17+/m0/s1. The van der Waals surface area contributed by atoms with Gasteiger partial charge in [0, 0.05) is 5.92 Å². The molecule has 1 fully saturated rings. The molecule has 2 N–H and O–H groups in total. The normalized spacial score (nSPS) is 26.1. The molecule has 2 aromatic rings. The van der Waals surface area contributed by atoms with Gasteiger partial charge < -0.3 is 10.2 Å². The number of rotatable bonds is 5. The van der Waals surface area contributed by atoms with E-state index in [4.69, 9.17) is 0 Å². The highest BCUT2D eigenvalue weighted by molar-refractivity contribution is 7.92. The lowest BCUT2D eigenvalue weighted by atomic mass is 10.00. The molecule has 0 amide bonds. The Morgan fingerprint density at radius 1 is 1.12 bits per heavy atom. The highest BCUT2D eigenvalue weighted by atomic mass is 32.2. The number of sulfone groups is 1. The van der Waals surface area contributed by atoms with Gasteiger partial charge in [-0.2, -0.15) is 0 Å². The zero-order valence-corrected chi connectivity index (χ0v) is 13.3. The minimum Gasteiger partial charge on any atom is -0.481 e. The number of carboxylic acids is 1. The van der Waals surface area contributed by atoms with E-state index in [1.807, 2.05) is 0 Å². The average Bonchev–Trinajstić information content (AvgIpc) is 3.27. The topological polar surface area (TPSA) is 91.7 Å². The summed E-state index contributed by atoms with van der Waals surface area (Å²) in [5.41, 5.74) is -1.63. The van der Waals surface area contributed by atoms with Crippen LogP contribution < -0.4 is 0 Å². The van der Waals surface area contributed by atoms with E-state index in [9.17, 15) is 27.8 Å². The van der Waals surface area contributed by atoms with Gasteiger partial charge in [-0.3, -0.25) is 4.79 Å². The van der Waals surface area contributed by atoms with Gasteiger partial charge in [-0.15, -0.1) is 0 Å². The van der Waals surface area contributed by atoms with Gasteiger partial charge in [0.25, 0.3) is 0 Å². The highest BCUT2D eigenvalue weighted by Crippen LogP contribution is 2.64. The number of benzene rings is 2. The van der Waals surface area contributed by atoms with Gasteiger partial charge in [-0.25, -0.2) is 12.8 Å². The summed E-state index contributed by atoms with van der Waals surface area (Å²) in [7, 11) is -4.00. The van der Waals surface area contributed by atoms with Crippen molar-refractivity contribution in [2.45, 2.75) is 16.1 Å². The average molecular weight is 350 g/mol. The van der Waals surface area contributed by atoms with Gasteiger partial charge in [-0.05, 0) is 29.8 Å². The first-order chi connectivity index (χ1) is 11.4. The van der Waals surface area contributed by atoms with Crippen LogP contribution >= 0.6 is 0 Å². The van der Waals surface area contributed by atoms with Gasteiger partial charge >= 0.3 is 5.97 Å². The number of carbonyl (C=O) groups is 1. The van der Waals surface area contributed by atoms with E-state index < -0.39 is 44.8 Å². The van der Waals surface area contributed by atoms with Gasteiger partial charge in [0.1, 0.15) is 11.2 Å². The van der Waals surface area contributed by atoms with Crippen molar-refractivity contribution >= 4 is 15.8 Å². The van der Waals surface area contributed by atoms with Crippen molar-refractivity contribution in [3.8, 4) is 0 Å². The summed E-state index contributed by atoms with van der Waals surface area (Å²) >= 11 is 0. The van der Waals surface area contributed by atoms with Crippen LogP contribution in [-0.4, -0.2) is 36.5 Å². The molecule has 3 rings (SSSR count). The summed E-state index contributed by atoms with van der Waals surface area (Å²) in [6, 6.07) is 12.6. The van der Waals surface area contributed by atoms with Crippen molar-refractivity contribution in [1.29, 1.82) is 0 Å². The van der Waals surface area contributed by atoms with Crippen LogP contribution in [0.25, 0.3) is 0 Å². The van der Waals surface area contributed by atoms with Crippen molar-refractivity contribution < 1.29 is 27.8 Å². The minimum absolute atomic E-state index is 0.0204. The molecule has 1 saturated carbocycles. The molecule has 0 heterocycles. The van der Waals surface area contributed by atoms with Gasteiger partial charge in [0.05, 0.1) is 16.8 Å².